The maximum absolute atomic E-state index is 2.67. The van der Waals surface area contributed by atoms with Gasteiger partial charge in [-0.1, -0.05) is 48.5 Å². The molecule has 0 amide bonds. The van der Waals surface area contributed by atoms with E-state index in [1.165, 1.54) is 58.5 Å². The van der Waals surface area contributed by atoms with Crippen LogP contribution in [0.15, 0.2) is 0 Å². The lowest BCUT2D eigenvalue weighted by atomic mass is 9.67. The van der Waals surface area contributed by atoms with Gasteiger partial charge in [-0.05, 0) is 67.4 Å². The van der Waals surface area contributed by atoms with Crippen molar-refractivity contribution in [3.63, 3.8) is 0 Å². The predicted molar refractivity (Wildman–Crippen MR) is 106 cm³/mol. The van der Waals surface area contributed by atoms with Crippen molar-refractivity contribution in [3.05, 3.63) is 0 Å². The van der Waals surface area contributed by atoms with E-state index in [4.69, 9.17) is 0 Å². The number of likely N-dealkylation sites (tertiary alicyclic amines) is 2. The van der Waals surface area contributed by atoms with Crippen molar-refractivity contribution in [2.45, 2.75) is 67.7 Å². The zero-order valence-corrected chi connectivity index (χ0v) is 17.6. The summed E-state index contributed by atoms with van der Waals surface area (Å²) in [4.78, 5) is 5.35. The third-order valence-corrected chi connectivity index (χ3v) is 6.75. The van der Waals surface area contributed by atoms with Gasteiger partial charge in [0.2, 0.25) is 0 Å². The Kier molecular flexibility index (Phi) is 7.20. The van der Waals surface area contributed by atoms with Gasteiger partial charge in [-0.25, -0.2) is 0 Å². The molecule has 1 atom stereocenters. The molecule has 1 unspecified atom stereocenters. The van der Waals surface area contributed by atoms with Gasteiger partial charge in [0, 0.05) is 26.2 Å². The number of hydrogen-bond donors (Lipinski definition) is 0. The fourth-order valence-corrected chi connectivity index (χ4v) is 4.44. The minimum atomic E-state index is 0.520. The second kappa shape index (κ2) is 8.54. The highest BCUT2D eigenvalue weighted by Gasteiger charge is 2.41. The van der Waals surface area contributed by atoms with E-state index in [1.54, 1.807) is 0 Å². The molecule has 2 rings (SSSR count). The molecule has 24 heavy (non-hydrogen) atoms. The second-order valence-corrected chi connectivity index (χ2v) is 10.5. The van der Waals surface area contributed by atoms with Crippen molar-refractivity contribution < 1.29 is 0 Å². The van der Waals surface area contributed by atoms with Gasteiger partial charge in [-0.3, -0.25) is 0 Å². The van der Waals surface area contributed by atoms with E-state index >= 15 is 0 Å². The fraction of sp³-hybridized carbons (Fsp3) is 1.00. The number of hydrogen-bond acceptors (Lipinski definition) is 2. The van der Waals surface area contributed by atoms with Gasteiger partial charge in [-0.2, -0.15) is 0 Å². The fourth-order valence-electron chi connectivity index (χ4n) is 4.44. The Morgan fingerprint density at radius 2 is 1.25 bits per heavy atom. The average Bonchev–Trinajstić information content (AvgIpc) is 2.32. The Morgan fingerprint density at radius 3 is 1.71 bits per heavy atom. The molecule has 2 saturated heterocycles. The maximum atomic E-state index is 2.67. The Balaban J connectivity index is 1.64. The lowest BCUT2D eigenvalue weighted by molar-refractivity contribution is -0.0184. The Bertz CT molecular complexity index is 362. The molecule has 0 spiro atoms. The SMILES string of the molecule is CC(C)CCN1CC(C(C)CC(C)(C)C2CN(CCC(C)C)C2)C1. The van der Waals surface area contributed by atoms with Crippen molar-refractivity contribution in [2.24, 2.45) is 35.0 Å². The van der Waals surface area contributed by atoms with Crippen molar-refractivity contribution in [3.8, 4) is 0 Å². The van der Waals surface area contributed by atoms with Crippen LogP contribution in [0.1, 0.15) is 67.7 Å². The van der Waals surface area contributed by atoms with Crippen LogP contribution in [-0.4, -0.2) is 49.1 Å². The van der Waals surface area contributed by atoms with E-state index in [0.717, 1.165) is 29.6 Å². The smallest absolute Gasteiger partial charge is 0.00271 e. The molecule has 2 heteroatoms. The van der Waals surface area contributed by atoms with E-state index in [0.29, 0.717) is 5.41 Å². The van der Waals surface area contributed by atoms with Crippen LogP contribution >= 0.6 is 0 Å². The average molecular weight is 337 g/mol. The summed E-state index contributed by atoms with van der Waals surface area (Å²) in [6.07, 6.45) is 4.14. The molecule has 0 aromatic heterocycles. The standard InChI is InChI=1S/C22H44N2/c1-17(2)8-10-23-13-20(14-23)19(5)12-22(6,7)21-15-24(16-21)11-9-18(3)4/h17-21H,8-16H2,1-7H3. The largest absolute Gasteiger partial charge is 0.303 e. The summed E-state index contributed by atoms with van der Waals surface area (Å²) < 4.78 is 0. The van der Waals surface area contributed by atoms with Crippen molar-refractivity contribution in [1.29, 1.82) is 0 Å². The normalized spacial score (nSPS) is 22.9. The minimum Gasteiger partial charge on any atom is -0.303 e. The second-order valence-electron chi connectivity index (χ2n) is 10.5. The van der Waals surface area contributed by atoms with Crippen LogP contribution in [0.2, 0.25) is 0 Å². The molecule has 142 valence electrons. The predicted octanol–water partition coefficient (Wildman–Crippen LogP) is 4.99. The topological polar surface area (TPSA) is 6.48 Å². The molecule has 2 nitrogen and oxygen atoms in total. The first-order chi connectivity index (χ1) is 11.2. The van der Waals surface area contributed by atoms with E-state index < -0.39 is 0 Å². The Morgan fingerprint density at radius 1 is 0.792 bits per heavy atom. The lowest BCUT2D eigenvalue weighted by Crippen LogP contribution is -2.55. The minimum absolute atomic E-state index is 0.520. The van der Waals surface area contributed by atoms with Crippen LogP contribution in [0.5, 0.6) is 0 Å². The summed E-state index contributed by atoms with van der Waals surface area (Å²) in [6, 6.07) is 0. The van der Waals surface area contributed by atoms with Crippen LogP contribution in [-0.2, 0) is 0 Å². The van der Waals surface area contributed by atoms with Crippen LogP contribution in [0.25, 0.3) is 0 Å². The summed E-state index contributed by atoms with van der Waals surface area (Å²) in [5.41, 5.74) is 0.520. The molecule has 0 aromatic rings. The quantitative estimate of drug-likeness (QED) is 0.554. The van der Waals surface area contributed by atoms with E-state index in [1.807, 2.05) is 0 Å². The van der Waals surface area contributed by atoms with Crippen LogP contribution in [0.3, 0.4) is 0 Å². The molecule has 0 saturated carbocycles. The van der Waals surface area contributed by atoms with E-state index in [-0.39, 0.29) is 0 Å². The highest BCUT2D eigenvalue weighted by molar-refractivity contribution is 4.93. The number of rotatable bonds is 10. The van der Waals surface area contributed by atoms with Gasteiger partial charge in [-0.15, -0.1) is 0 Å². The molecule has 2 heterocycles. The zero-order valence-electron chi connectivity index (χ0n) is 17.6. The van der Waals surface area contributed by atoms with Gasteiger partial charge in [0.25, 0.3) is 0 Å². The summed E-state index contributed by atoms with van der Waals surface area (Å²) in [6.45, 7) is 25.0. The van der Waals surface area contributed by atoms with Crippen molar-refractivity contribution in [2.75, 3.05) is 39.3 Å². The van der Waals surface area contributed by atoms with Gasteiger partial charge in [0.1, 0.15) is 0 Å². The van der Waals surface area contributed by atoms with E-state index in [2.05, 4.69) is 58.3 Å². The van der Waals surface area contributed by atoms with Gasteiger partial charge in [0.05, 0.1) is 0 Å². The van der Waals surface area contributed by atoms with Crippen LogP contribution < -0.4 is 0 Å². The van der Waals surface area contributed by atoms with Crippen molar-refractivity contribution >= 4 is 0 Å². The lowest BCUT2D eigenvalue weighted by Gasteiger charge is -2.51. The molecule has 0 aromatic carbocycles. The highest BCUT2D eigenvalue weighted by Crippen LogP contribution is 2.42. The van der Waals surface area contributed by atoms with E-state index in [9.17, 15) is 0 Å². The molecule has 0 aliphatic carbocycles. The van der Waals surface area contributed by atoms with Crippen molar-refractivity contribution in [1.82, 2.24) is 9.80 Å². The molecular weight excluding hydrogens is 292 g/mol. The zero-order chi connectivity index (χ0) is 17.9. The molecule has 2 fully saturated rings. The highest BCUT2D eigenvalue weighted by atomic mass is 15.2. The van der Waals surface area contributed by atoms with Gasteiger partial charge >= 0.3 is 0 Å². The molecule has 2 aliphatic heterocycles. The summed E-state index contributed by atoms with van der Waals surface area (Å²) in [5, 5.41) is 0. The molecule has 0 N–H and O–H groups in total. The summed E-state index contributed by atoms with van der Waals surface area (Å²) in [5.74, 6) is 4.45. The summed E-state index contributed by atoms with van der Waals surface area (Å²) >= 11 is 0. The monoisotopic (exact) mass is 336 g/mol. The van der Waals surface area contributed by atoms with Crippen LogP contribution in [0.4, 0.5) is 0 Å². The molecule has 0 bridgehead atoms. The molecular formula is C22H44N2. The first kappa shape index (κ1) is 20.2. The molecule has 2 aliphatic rings. The number of nitrogens with zero attached hydrogens (tertiary/aromatic N) is 2. The molecule has 0 radical (unpaired) electrons. The maximum Gasteiger partial charge on any atom is 0.00271 e. The first-order valence-electron chi connectivity index (χ1n) is 10.6. The third kappa shape index (κ3) is 5.73. The summed E-state index contributed by atoms with van der Waals surface area (Å²) in [7, 11) is 0. The van der Waals surface area contributed by atoms with Crippen LogP contribution in [0, 0.1) is 35.0 Å². The first-order valence-corrected chi connectivity index (χ1v) is 10.6. The van der Waals surface area contributed by atoms with Gasteiger partial charge in [0.15, 0.2) is 0 Å². The third-order valence-electron chi connectivity index (χ3n) is 6.75. The van der Waals surface area contributed by atoms with Gasteiger partial charge < -0.3 is 9.80 Å². The Labute approximate surface area is 152 Å². The Hall–Kier alpha value is -0.0800.